The van der Waals surface area contributed by atoms with Gasteiger partial charge in [0.1, 0.15) is 24.4 Å². The molecule has 0 saturated carbocycles. The summed E-state index contributed by atoms with van der Waals surface area (Å²) in [6.45, 7) is 1.85. The third-order valence-corrected chi connectivity index (χ3v) is 1.90. The lowest BCUT2D eigenvalue weighted by Crippen LogP contribution is -2.36. The van der Waals surface area contributed by atoms with E-state index in [-0.39, 0.29) is 31.0 Å². The first kappa shape index (κ1) is 6.54. The third kappa shape index (κ3) is 0.845. The van der Waals surface area contributed by atoms with Crippen molar-refractivity contribution in [3.63, 3.8) is 0 Å². The number of epoxide rings is 1. The second-order valence-electron chi connectivity index (χ2n) is 2.68. The summed E-state index contributed by atoms with van der Waals surface area (Å²) in [7, 11) is 0. The molecule has 2 aliphatic heterocycles. The maximum Gasteiger partial charge on any atom is 0.145 e. The lowest BCUT2D eigenvalue weighted by Gasteiger charge is -2.19. The van der Waals surface area contributed by atoms with Crippen LogP contribution in [0.25, 0.3) is 0 Å². The van der Waals surface area contributed by atoms with E-state index < -0.39 is 0 Å². The SMILES string of the molecule is C[C@H]1OO[C@@H](CO)[C@@H]2O[C@@H]21. The van der Waals surface area contributed by atoms with Crippen LogP contribution in [0.1, 0.15) is 6.92 Å². The highest BCUT2D eigenvalue weighted by atomic mass is 17.2. The molecule has 2 heterocycles. The van der Waals surface area contributed by atoms with E-state index >= 15 is 0 Å². The minimum atomic E-state index is -0.277. The van der Waals surface area contributed by atoms with Crippen molar-refractivity contribution in [2.45, 2.75) is 31.3 Å². The van der Waals surface area contributed by atoms with Crippen molar-refractivity contribution in [1.82, 2.24) is 0 Å². The van der Waals surface area contributed by atoms with E-state index in [0.717, 1.165) is 0 Å². The molecular formula is C6H10O4. The van der Waals surface area contributed by atoms with Crippen LogP contribution >= 0.6 is 0 Å². The molecule has 4 nitrogen and oxygen atoms in total. The van der Waals surface area contributed by atoms with E-state index in [2.05, 4.69) is 0 Å². The first-order valence-electron chi connectivity index (χ1n) is 3.41. The van der Waals surface area contributed by atoms with Gasteiger partial charge in [0.15, 0.2) is 0 Å². The molecule has 10 heavy (non-hydrogen) atoms. The zero-order valence-electron chi connectivity index (χ0n) is 5.69. The molecule has 0 amide bonds. The van der Waals surface area contributed by atoms with Crippen LogP contribution in [0, 0.1) is 0 Å². The fourth-order valence-electron chi connectivity index (χ4n) is 1.22. The standard InChI is InChI=1S/C6H10O4/c1-3-5-6(8-5)4(2-7)10-9-3/h3-7H,2H2,1H3/t3-,4+,5-,6+/m1/s1. The number of aliphatic hydroxyl groups excluding tert-OH is 1. The van der Waals surface area contributed by atoms with Crippen LogP contribution in [-0.2, 0) is 14.5 Å². The average molecular weight is 146 g/mol. The van der Waals surface area contributed by atoms with Crippen LogP contribution in [0.15, 0.2) is 0 Å². The molecule has 0 bridgehead atoms. The molecule has 0 aromatic carbocycles. The smallest absolute Gasteiger partial charge is 0.145 e. The summed E-state index contributed by atoms with van der Waals surface area (Å²) in [5.41, 5.74) is 0. The van der Waals surface area contributed by atoms with E-state index in [9.17, 15) is 0 Å². The zero-order valence-corrected chi connectivity index (χ0v) is 5.69. The Morgan fingerprint density at radius 3 is 2.80 bits per heavy atom. The molecule has 4 atom stereocenters. The topological polar surface area (TPSA) is 51.2 Å². The van der Waals surface area contributed by atoms with Crippen molar-refractivity contribution < 1.29 is 19.6 Å². The maximum atomic E-state index is 8.69. The molecule has 2 aliphatic rings. The van der Waals surface area contributed by atoms with Gasteiger partial charge in [0, 0.05) is 0 Å². The Hall–Kier alpha value is -0.160. The normalized spacial score (nSPS) is 52.2. The Morgan fingerprint density at radius 1 is 1.30 bits per heavy atom. The number of fused-ring (bicyclic) bond motifs is 1. The number of hydrogen-bond donors (Lipinski definition) is 1. The molecule has 2 saturated heterocycles. The fourth-order valence-corrected chi connectivity index (χ4v) is 1.22. The minimum Gasteiger partial charge on any atom is -0.393 e. The van der Waals surface area contributed by atoms with Gasteiger partial charge in [-0.1, -0.05) is 0 Å². The van der Waals surface area contributed by atoms with E-state index in [0.29, 0.717) is 0 Å². The Labute approximate surface area is 58.6 Å². The highest BCUT2D eigenvalue weighted by Crippen LogP contribution is 2.35. The van der Waals surface area contributed by atoms with Gasteiger partial charge in [-0.2, -0.15) is 0 Å². The highest BCUT2D eigenvalue weighted by molar-refractivity contribution is 4.96. The van der Waals surface area contributed by atoms with Crippen LogP contribution in [0.2, 0.25) is 0 Å². The van der Waals surface area contributed by atoms with Crippen molar-refractivity contribution in [3.8, 4) is 0 Å². The molecule has 0 aliphatic carbocycles. The molecule has 0 aromatic rings. The van der Waals surface area contributed by atoms with Gasteiger partial charge in [0.05, 0.1) is 6.61 Å². The van der Waals surface area contributed by atoms with Crippen molar-refractivity contribution >= 4 is 0 Å². The fraction of sp³-hybridized carbons (Fsp3) is 1.00. The molecule has 2 rings (SSSR count). The minimum absolute atomic E-state index is 0.00722. The van der Waals surface area contributed by atoms with Gasteiger partial charge in [0.2, 0.25) is 0 Å². The summed E-state index contributed by atoms with van der Waals surface area (Å²) in [4.78, 5) is 9.67. The second-order valence-corrected chi connectivity index (χ2v) is 2.68. The summed E-state index contributed by atoms with van der Waals surface area (Å²) < 4.78 is 5.18. The summed E-state index contributed by atoms with van der Waals surface area (Å²) in [6.07, 6.45) is -0.0614. The highest BCUT2D eigenvalue weighted by Gasteiger charge is 2.53. The number of ether oxygens (including phenoxy) is 1. The summed E-state index contributed by atoms with van der Waals surface area (Å²) in [5, 5.41) is 8.69. The molecule has 2 fully saturated rings. The van der Waals surface area contributed by atoms with Crippen molar-refractivity contribution in [3.05, 3.63) is 0 Å². The van der Waals surface area contributed by atoms with Crippen molar-refractivity contribution in [2.75, 3.05) is 6.61 Å². The van der Waals surface area contributed by atoms with Crippen LogP contribution in [-0.4, -0.2) is 36.1 Å². The molecule has 58 valence electrons. The molecular weight excluding hydrogens is 136 g/mol. The molecule has 0 spiro atoms. The predicted molar refractivity (Wildman–Crippen MR) is 31.2 cm³/mol. The Morgan fingerprint density at radius 2 is 2.10 bits per heavy atom. The lowest BCUT2D eigenvalue weighted by molar-refractivity contribution is -0.364. The van der Waals surface area contributed by atoms with Crippen LogP contribution in [0.3, 0.4) is 0 Å². The molecule has 0 radical (unpaired) electrons. The van der Waals surface area contributed by atoms with Crippen LogP contribution in [0.4, 0.5) is 0 Å². The van der Waals surface area contributed by atoms with Gasteiger partial charge in [-0.05, 0) is 6.92 Å². The molecule has 0 aromatic heterocycles. The van der Waals surface area contributed by atoms with Gasteiger partial charge >= 0.3 is 0 Å². The first-order valence-corrected chi connectivity index (χ1v) is 3.41. The predicted octanol–water partition coefficient (Wildman–Crippen LogP) is -0.535. The summed E-state index contributed by atoms with van der Waals surface area (Å²) in [5.74, 6) is 0. The van der Waals surface area contributed by atoms with Crippen LogP contribution < -0.4 is 0 Å². The number of hydrogen-bond acceptors (Lipinski definition) is 4. The molecule has 4 heteroatoms. The Balaban J connectivity index is 1.95. The van der Waals surface area contributed by atoms with Gasteiger partial charge in [-0.25, -0.2) is 9.78 Å². The lowest BCUT2D eigenvalue weighted by atomic mass is 10.1. The largest absolute Gasteiger partial charge is 0.393 e. The number of rotatable bonds is 1. The summed E-state index contributed by atoms with van der Waals surface area (Å²) in [6, 6.07) is 0. The van der Waals surface area contributed by atoms with Gasteiger partial charge in [0.25, 0.3) is 0 Å². The van der Waals surface area contributed by atoms with Crippen molar-refractivity contribution in [2.24, 2.45) is 0 Å². The maximum absolute atomic E-state index is 8.69. The first-order chi connectivity index (χ1) is 4.83. The number of aliphatic hydroxyl groups is 1. The van der Waals surface area contributed by atoms with E-state index in [1.165, 1.54) is 0 Å². The zero-order chi connectivity index (χ0) is 7.14. The van der Waals surface area contributed by atoms with Gasteiger partial charge in [-0.3, -0.25) is 0 Å². The Bertz CT molecular complexity index is 138. The van der Waals surface area contributed by atoms with E-state index in [4.69, 9.17) is 19.6 Å². The summed E-state index contributed by atoms with van der Waals surface area (Å²) >= 11 is 0. The monoisotopic (exact) mass is 146 g/mol. The van der Waals surface area contributed by atoms with Crippen molar-refractivity contribution in [1.29, 1.82) is 0 Å². The Kier molecular flexibility index (Phi) is 1.42. The molecule has 1 N–H and O–H groups in total. The quantitative estimate of drug-likeness (QED) is 0.399. The third-order valence-electron chi connectivity index (χ3n) is 1.90. The molecule has 0 unspecified atom stereocenters. The van der Waals surface area contributed by atoms with Crippen LogP contribution in [0.5, 0.6) is 0 Å². The van der Waals surface area contributed by atoms with Gasteiger partial charge in [-0.15, -0.1) is 0 Å². The van der Waals surface area contributed by atoms with E-state index in [1.807, 2.05) is 6.92 Å². The second kappa shape index (κ2) is 2.17. The van der Waals surface area contributed by atoms with Gasteiger partial charge < -0.3 is 9.84 Å². The average Bonchev–Trinajstić information content (AvgIpc) is 2.68. The van der Waals surface area contributed by atoms with E-state index in [1.54, 1.807) is 0 Å².